The van der Waals surface area contributed by atoms with E-state index in [1.165, 1.54) is 43.7 Å². The lowest BCUT2D eigenvalue weighted by Gasteiger charge is -2.13. The smallest absolute Gasteiger partial charge is 0.329 e. The second-order valence-corrected chi connectivity index (χ2v) is 8.49. The van der Waals surface area contributed by atoms with Crippen LogP contribution in [0.5, 0.6) is 11.5 Å². The minimum atomic E-state index is -0.988. The molecule has 0 heterocycles. The van der Waals surface area contributed by atoms with E-state index in [0.717, 1.165) is 5.56 Å². The molecule has 2 amide bonds. The van der Waals surface area contributed by atoms with Crippen molar-refractivity contribution in [2.24, 2.45) is 5.10 Å². The number of hydrazone groups is 1. The molecule has 7 nitrogen and oxygen atoms in total. The van der Waals surface area contributed by atoms with Gasteiger partial charge in [0.05, 0.1) is 17.8 Å². The first-order chi connectivity index (χ1) is 16.2. The van der Waals surface area contributed by atoms with Crippen molar-refractivity contribution in [2.75, 3.05) is 12.4 Å². The number of methoxy groups -OCH3 is 1. The van der Waals surface area contributed by atoms with E-state index in [4.69, 9.17) is 32.7 Å². The van der Waals surface area contributed by atoms with E-state index in [9.17, 15) is 14.0 Å². The predicted molar refractivity (Wildman–Crippen MR) is 132 cm³/mol. The molecule has 34 heavy (non-hydrogen) atoms. The first-order valence-electron chi connectivity index (χ1n) is 9.60. The fourth-order valence-electron chi connectivity index (χ4n) is 2.72. The Kier molecular flexibility index (Phi) is 8.86. The van der Waals surface area contributed by atoms with E-state index in [1.54, 1.807) is 24.3 Å². The Morgan fingerprint density at radius 1 is 1.06 bits per heavy atom. The van der Waals surface area contributed by atoms with Crippen molar-refractivity contribution in [1.29, 1.82) is 0 Å². The van der Waals surface area contributed by atoms with Gasteiger partial charge < -0.3 is 14.8 Å². The molecule has 0 spiro atoms. The number of rotatable bonds is 7. The van der Waals surface area contributed by atoms with Crippen LogP contribution in [0.3, 0.4) is 0 Å². The van der Waals surface area contributed by atoms with Gasteiger partial charge in [0, 0.05) is 15.7 Å². The zero-order chi connectivity index (χ0) is 24.7. The molecule has 0 aromatic heterocycles. The summed E-state index contributed by atoms with van der Waals surface area (Å²) in [5.74, 6) is -1.42. The standard InChI is InChI=1S/C23H17BrCl2FN3O4/c1-33-20-7-14(6-19(24)21(20)34-12-13-2-4-17(27)5-3-13)11-28-30-23(32)22(31)29-18-9-15(25)8-16(26)10-18/h2-11H,12H2,1H3,(H,29,31)(H,30,32)/b28-11+. The van der Waals surface area contributed by atoms with Crippen molar-refractivity contribution in [3.63, 3.8) is 0 Å². The van der Waals surface area contributed by atoms with Crippen LogP contribution in [0.2, 0.25) is 10.0 Å². The summed E-state index contributed by atoms with van der Waals surface area (Å²) in [7, 11) is 1.47. The number of carbonyl (C=O) groups is 2. The Morgan fingerprint density at radius 2 is 1.74 bits per heavy atom. The van der Waals surface area contributed by atoms with E-state index in [2.05, 4.69) is 31.8 Å². The van der Waals surface area contributed by atoms with Gasteiger partial charge in [0.2, 0.25) is 0 Å². The molecule has 0 radical (unpaired) electrons. The van der Waals surface area contributed by atoms with Crippen LogP contribution in [0.25, 0.3) is 0 Å². The third-order valence-corrected chi connectivity index (χ3v) is 5.28. The molecular formula is C23H17BrCl2FN3O4. The maximum absolute atomic E-state index is 13.1. The Balaban J connectivity index is 1.62. The van der Waals surface area contributed by atoms with Crippen molar-refractivity contribution in [2.45, 2.75) is 6.61 Å². The molecule has 0 atom stereocenters. The molecule has 0 aliphatic carbocycles. The number of nitrogens with one attached hydrogen (secondary N) is 2. The van der Waals surface area contributed by atoms with Crippen molar-refractivity contribution >= 4 is 62.8 Å². The molecule has 0 saturated carbocycles. The maximum atomic E-state index is 13.1. The summed E-state index contributed by atoms with van der Waals surface area (Å²) < 4.78 is 24.8. The van der Waals surface area contributed by atoms with Gasteiger partial charge in [-0.2, -0.15) is 5.10 Å². The maximum Gasteiger partial charge on any atom is 0.329 e. The second-order valence-electron chi connectivity index (χ2n) is 6.76. The van der Waals surface area contributed by atoms with E-state index in [1.807, 2.05) is 0 Å². The average molecular weight is 569 g/mol. The molecule has 0 fully saturated rings. The van der Waals surface area contributed by atoms with Crippen LogP contribution < -0.4 is 20.2 Å². The summed E-state index contributed by atoms with van der Waals surface area (Å²) in [5.41, 5.74) is 3.74. The van der Waals surface area contributed by atoms with Gasteiger partial charge in [-0.3, -0.25) is 9.59 Å². The number of benzene rings is 3. The molecule has 0 saturated heterocycles. The lowest BCUT2D eigenvalue weighted by atomic mass is 10.2. The number of ether oxygens (including phenoxy) is 2. The Morgan fingerprint density at radius 3 is 2.38 bits per heavy atom. The summed E-state index contributed by atoms with van der Waals surface area (Å²) in [6, 6.07) is 13.7. The van der Waals surface area contributed by atoms with E-state index in [-0.39, 0.29) is 18.1 Å². The van der Waals surface area contributed by atoms with E-state index >= 15 is 0 Å². The van der Waals surface area contributed by atoms with Gasteiger partial charge in [0.15, 0.2) is 11.5 Å². The fraction of sp³-hybridized carbons (Fsp3) is 0.0870. The molecule has 0 aliphatic rings. The number of carbonyl (C=O) groups excluding carboxylic acids is 2. The van der Waals surface area contributed by atoms with Crippen LogP contribution in [-0.4, -0.2) is 25.1 Å². The van der Waals surface area contributed by atoms with Crippen LogP contribution in [0.15, 0.2) is 64.2 Å². The summed E-state index contributed by atoms with van der Waals surface area (Å²) in [4.78, 5) is 24.0. The number of halogens is 4. The molecule has 3 rings (SSSR count). The Labute approximate surface area is 213 Å². The first-order valence-corrected chi connectivity index (χ1v) is 11.2. The van der Waals surface area contributed by atoms with Gasteiger partial charge in [0.25, 0.3) is 0 Å². The van der Waals surface area contributed by atoms with Crippen LogP contribution >= 0.6 is 39.1 Å². The summed E-state index contributed by atoms with van der Waals surface area (Å²) in [5, 5.41) is 6.80. The Hall–Kier alpha value is -3.14. The van der Waals surface area contributed by atoms with Gasteiger partial charge in [-0.1, -0.05) is 35.3 Å². The minimum absolute atomic E-state index is 0.200. The van der Waals surface area contributed by atoms with Gasteiger partial charge in [0.1, 0.15) is 12.4 Å². The SMILES string of the molecule is COc1cc(/C=N/NC(=O)C(=O)Nc2cc(Cl)cc(Cl)c2)cc(Br)c1OCc1ccc(F)cc1. The number of hydrogen-bond acceptors (Lipinski definition) is 5. The minimum Gasteiger partial charge on any atom is -0.493 e. The third kappa shape index (κ3) is 7.18. The van der Waals surface area contributed by atoms with Gasteiger partial charge in [-0.15, -0.1) is 0 Å². The lowest BCUT2D eigenvalue weighted by Crippen LogP contribution is -2.32. The van der Waals surface area contributed by atoms with Gasteiger partial charge in [-0.25, -0.2) is 9.82 Å². The van der Waals surface area contributed by atoms with E-state index < -0.39 is 11.8 Å². The van der Waals surface area contributed by atoms with Crippen LogP contribution in [0.1, 0.15) is 11.1 Å². The van der Waals surface area contributed by atoms with Gasteiger partial charge in [-0.05, 0) is 69.5 Å². The van der Waals surface area contributed by atoms with Crippen LogP contribution in [-0.2, 0) is 16.2 Å². The zero-order valence-corrected chi connectivity index (χ0v) is 20.7. The third-order valence-electron chi connectivity index (χ3n) is 4.25. The van der Waals surface area contributed by atoms with Crippen LogP contribution in [0.4, 0.5) is 10.1 Å². The second kappa shape index (κ2) is 11.8. The highest BCUT2D eigenvalue weighted by Crippen LogP contribution is 2.36. The topological polar surface area (TPSA) is 89.0 Å². The number of nitrogens with zero attached hydrogens (tertiary/aromatic N) is 1. The van der Waals surface area contributed by atoms with Crippen molar-refractivity contribution < 1.29 is 23.5 Å². The molecule has 3 aromatic rings. The van der Waals surface area contributed by atoms with Crippen LogP contribution in [0, 0.1) is 5.82 Å². The van der Waals surface area contributed by atoms with E-state index in [0.29, 0.717) is 31.6 Å². The Bertz CT molecular complexity index is 1220. The molecule has 3 aromatic carbocycles. The normalized spacial score (nSPS) is 10.7. The summed E-state index contributed by atoms with van der Waals surface area (Å²) >= 11 is 15.2. The largest absolute Gasteiger partial charge is 0.493 e. The van der Waals surface area contributed by atoms with Gasteiger partial charge >= 0.3 is 11.8 Å². The number of anilines is 1. The quantitative estimate of drug-likeness (QED) is 0.221. The average Bonchev–Trinajstić information content (AvgIpc) is 2.78. The highest BCUT2D eigenvalue weighted by Gasteiger charge is 2.14. The highest BCUT2D eigenvalue weighted by atomic mass is 79.9. The predicted octanol–water partition coefficient (Wildman–Crippen LogP) is 5.57. The molecular weight excluding hydrogens is 552 g/mol. The van der Waals surface area contributed by atoms with Crippen molar-refractivity contribution in [3.05, 3.63) is 86.1 Å². The lowest BCUT2D eigenvalue weighted by molar-refractivity contribution is -0.136. The fourth-order valence-corrected chi connectivity index (χ4v) is 3.82. The monoisotopic (exact) mass is 567 g/mol. The molecule has 0 aliphatic heterocycles. The molecule has 0 bridgehead atoms. The number of amides is 2. The van der Waals surface area contributed by atoms with Crippen molar-refractivity contribution in [3.8, 4) is 11.5 Å². The molecule has 11 heteroatoms. The molecule has 0 unspecified atom stereocenters. The van der Waals surface area contributed by atoms with Crippen molar-refractivity contribution in [1.82, 2.24) is 5.43 Å². The summed E-state index contributed by atoms with van der Waals surface area (Å²) in [6.45, 7) is 0.200. The first kappa shape index (κ1) is 25.5. The highest BCUT2D eigenvalue weighted by molar-refractivity contribution is 9.10. The molecule has 176 valence electrons. The molecule has 2 N–H and O–H groups in total. The summed E-state index contributed by atoms with van der Waals surface area (Å²) in [6.07, 6.45) is 1.33. The number of hydrogen-bond donors (Lipinski definition) is 2. The zero-order valence-electron chi connectivity index (χ0n) is 17.6.